The minimum Gasteiger partial charge on any atom is -0.478 e. The van der Waals surface area contributed by atoms with Crippen LogP contribution >= 0.6 is 0 Å². The van der Waals surface area contributed by atoms with Crippen molar-refractivity contribution in [1.29, 1.82) is 0 Å². The molecular weight excluding hydrogens is 236 g/mol. The van der Waals surface area contributed by atoms with Crippen molar-refractivity contribution in [3.63, 3.8) is 0 Å². The van der Waals surface area contributed by atoms with Gasteiger partial charge < -0.3 is 19.8 Å². The summed E-state index contributed by atoms with van der Waals surface area (Å²) < 4.78 is 5.02. The van der Waals surface area contributed by atoms with Gasteiger partial charge in [0.2, 0.25) is 0 Å². The topological polar surface area (TPSA) is 95.3 Å². The van der Waals surface area contributed by atoms with Crippen LogP contribution in [0.2, 0.25) is 0 Å². The number of hydrogen-bond acceptors (Lipinski definition) is 3. The maximum absolute atomic E-state index is 11.9. The fourth-order valence-electron chi connectivity index (χ4n) is 1.71. The molecule has 0 aliphatic rings. The zero-order chi connectivity index (χ0) is 13.3. The minimum absolute atomic E-state index is 0.0597. The van der Waals surface area contributed by atoms with Crippen molar-refractivity contribution in [2.45, 2.75) is 13.8 Å². The van der Waals surface area contributed by atoms with Crippen molar-refractivity contribution in [3.8, 4) is 0 Å². The average Bonchev–Trinajstić information content (AvgIpc) is 2.85. The van der Waals surface area contributed by atoms with Crippen LogP contribution in [-0.4, -0.2) is 22.0 Å². The second kappa shape index (κ2) is 4.40. The first-order valence-electron chi connectivity index (χ1n) is 5.27. The molecule has 0 atom stereocenters. The van der Waals surface area contributed by atoms with Gasteiger partial charge in [-0.05, 0) is 19.9 Å². The summed E-state index contributed by atoms with van der Waals surface area (Å²) in [4.78, 5) is 25.7. The van der Waals surface area contributed by atoms with Gasteiger partial charge in [0.05, 0.1) is 17.5 Å². The number of aryl methyl sites for hydroxylation is 2. The molecule has 0 radical (unpaired) electrons. The van der Waals surface area contributed by atoms with E-state index < -0.39 is 11.9 Å². The second-order valence-corrected chi connectivity index (χ2v) is 3.85. The number of aromatic amines is 1. The van der Waals surface area contributed by atoms with Crippen molar-refractivity contribution in [3.05, 3.63) is 41.1 Å². The summed E-state index contributed by atoms with van der Waals surface area (Å²) in [5.74, 6) is -1.01. The average molecular weight is 248 g/mol. The summed E-state index contributed by atoms with van der Waals surface area (Å²) in [5, 5.41) is 11.6. The number of carboxylic acid groups (broad SMARTS) is 1. The summed E-state index contributed by atoms with van der Waals surface area (Å²) >= 11 is 0. The molecule has 0 aliphatic heterocycles. The molecular formula is C12H12N2O4. The molecule has 0 saturated heterocycles. The Morgan fingerprint density at radius 3 is 2.67 bits per heavy atom. The summed E-state index contributed by atoms with van der Waals surface area (Å²) in [6, 6.07) is 1.53. The highest BCUT2D eigenvalue weighted by Crippen LogP contribution is 2.20. The Morgan fingerprint density at radius 2 is 2.11 bits per heavy atom. The van der Waals surface area contributed by atoms with Crippen LogP contribution in [0.25, 0.3) is 0 Å². The van der Waals surface area contributed by atoms with Crippen LogP contribution in [0.1, 0.15) is 32.2 Å². The normalized spacial score (nSPS) is 10.3. The van der Waals surface area contributed by atoms with E-state index in [0.29, 0.717) is 17.0 Å². The zero-order valence-electron chi connectivity index (χ0n) is 9.90. The van der Waals surface area contributed by atoms with Crippen LogP contribution in [0.4, 0.5) is 5.69 Å². The molecule has 0 spiro atoms. The summed E-state index contributed by atoms with van der Waals surface area (Å²) in [6.45, 7) is 3.29. The molecule has 94 valence electrons. The molecule has 3 N–H and O–H groups in total. The lowest BCUT2D eigenvalue weighted by molar-refractivity contribution is 0.0697. The molecule has 1 amide bonds. The standard InChI is InChI=1S/C12H12N2O4/c1-6-10(12(16)17)9(5-13-6)14-11(15)8-3-4-18-7(8)2/h3-5,13H,1-2H3,(H,14,15)(H,16,17). The van der Waals surface area contributed by atoms with E-state index in [1.165, 1.54) is 18.5 Å². The van der Waals surface area contributed by atoms with Crippen molar-refractivity contribution in [2.75, 3.05) is 5.32 Å². The monoisotopic (exact) mass is 248 g/mol. The molecule has 18 heavy (non-hydrogen) atoms. The van der Waals surface area contributed by atoms with Crippen molar-refractivity contribution in [2.24, 2.45) is 0 Å². The van der Waals surface area contributed by atoms with Gasteiger partial charge in [0.25, 0.3) is 5.91 Å². The van der Waals surface area contributed by atoms with E-state index in [9.17, 15) is 9.59 Å². The number of carbonyl (C=O) groups excluding carboxylic acids is 1. The highest BCUT2D eigenvalue weighted by atomic mass is 16.4. The van der Waals surface area contributed by atoms with Crippen LogP contribution in [0.15, 0.2) is 22.9 Å². The molecule has 0 aliphatic carbocycles. The van der Waals surface area contributed by atoms with Crippen molar-refractivity contribution in [1.82, 2.24) is 4.98 Å². The van der Waals surface area contributed by atoms with Gasteiger partial charge >= 0.3 is 5.97 Å². The lowest BCUT2D eigenvalue weighted by Gasteiger charge is -2.03. The van der Waals surface area contributed by atoms with Gasteiger partial charge in [0.15, 0.2) is 0 Å². The number of furan rings is 1. The van der Waals surface area contributed by atoms with Crippen molar-refractivity contribution >= 4 is 17.6 Å². The number of aromatic carboxylic acids is 1. The first-order valence-corrected chi connectivity index (χ1v) is 5.27. The fourth-order valence-corrected chi connectivity index (χ4v) is 1.71. The minimum atomic E-state index is -1.09. The molecule has 0 aromatic carbocycles. The third-order valence-electron chi connectivity index (χ3n) is 2.64. The van der Waals surface area contributed by atoms with Gasteiger partial charge in [-0.3, -0.25) is 4.79 Å². The molecule has 0 saturated carbocycles. The van der Waals surface area contributed by atoms with Crippen LogP contribution in [0, 0.1) is 13.8 Å². The Morgan fingerprint density at radius 1 is 1.39 bits per heavy atom. The molecule has 2 aromatic heterocycles. The number of aromatic nitrogens is 1. The predicted molar refractivity (Wildman–Crippen MR) is 63.9 cm³/mol. The SMILES string of the molecule is Cc1[nH]cc(NC(=O)c2ccoc2C)c1C(=O)O. The first-order chi connectivity index (χ1) is 8.50. The molecule has 6 nitrogen and oxygen atoms in total. The largest absolute Gasteiger partial charge is 0.478 e. The molecule has 6 heteroatoms. The number of carbonyl (C=O) groups is 2. The molecule has 0 unspecified atom stereocenters. The number of amides is 1. The lowest BCUT2D eigenvalue weighted by Crippen LogP contribution is -2.14. The Kier molecular flexibility index (Phi) is 2.93. The summed E-state index contributed by atoms with van der Waals surface area (Å²) in [5.41, 5.74) is 1.17. The number of carboxylic acids is 1. The molecule has 0 fully saturated rings. The van der Waals surface area contributed by atoms with Gasteiger partial charge in [0.1, 0.15) is 11.3 Å². The van der Waals surface area contributed by atoms with Crippen LogP contribution < -0.4 is 5.32 Å². The van der Waals surface area contributed by atoms with E-state index in [-0.39, 0.29) is 11.3 Å². The van der Waals surface area contributed by atoms with Gasteiger partial charge in [-0.25, -0.2) is 4.79 Å². The van der Waals surface area contributed by atoms with Crippen LogP contribution in [0.5, 0.6) is 0 Å². The predicted octanol–water partition coefficient (Wildman–Crippen LogP) is 2.18. The van der Waals surface area contributed by atoms with Gasteiger partial charge in [-0.1, -0.05) is 0 Å². The van der Waals surface area contributed by atoms with Gasteiger partial charge in [-0.2, -0.15) is 0 Å². The third kappa shape index (κ3) is 2.00. The molecule has 2 rings (SSSR count). The van der Waals surface area contributed by atoms with Crippen molar-refractivity contribution < 1.29 is 19.1 Å². The van der Waals surface area contributed by atoms with E-state index in [4.69, 9.17) is 9.52 Å². The van der Waals surface area contributed by atoms with Gasteiger partial charge in [0, 0.05) is 11.9 Å². The molecule has 2 aromatic rings. The highest BCUT2D eigenvalue weighted by Gasteiger charge is 2.19. The maximum atomic E-state index is 11.9. The van der Waals surface area contributed by atoms with Gasteiger partial charge in [-0.15, -0.1) is 0 Å². The first kappa shape index (κ1) is 12.0. The number of nitrogens with one attached hydrogen (secondary N) is 2. The van der Waals surface area contributed by atoms with Crippen LogP contribution in [0.3, 0.4) is 0 Å². The summed E-state index contributed by atoms with van der Waals surface area (Å²) in [6.07, 6.45) is 2.86. The quantitative estimate of drug-likeness (QED) is 0.775. The van der Waals surface area contributed by atoms with E-state index >= 15 is 0 Å². The Labute approximate surface area is 103 Å². The fraction of sp³-hybridized carbons (Fsp3) is 0.167. The zero-order valence-corrected chi connectivity index (χ0v) is 9.90. The number of anilines is 1. The third-order valence-corrected chi connectivity index (χ3v) is 2.64. The molecule has 0 bridgehead atoms. The van der Waals surface area contributed by atoms with Crippen LogP contribution in [-0.2, 0) is 0 Å². The van der Waals surface area contributed by atoms with E-state index in [2.05, 4.69) is 10.3 Å². The van der Waals surface area contributed by atoms with E-state index in [1.807, 2.05) is 0 Å². The maximum Gasteiger partial charge on any atom is 0.339 e. The number of hydrogen-bond donors (Lipinski definition) is 3. The number of rotatable bonds is 3. The Hall–Kier alpha value is -2.50. The summed E-state index contributed by atoms with van der Waals surface area (Å²) in [7, 11) is 0. The Bertz CT molecular complexity index is 609. The Balaban J connectivity index is 2.28. The molecule has 2 heterocycles. The lowest BCUT2D eigenvalue weighted by atomic mass is 10.2. The number of H-pyrrole nitrogens is 1. The van der Waals surface area contributed by atoms with E-state index in [0.717, 1.165) is 0 Å². The second-order valence-electron chi connectivity index (χ2n) is 3.85. The van der Waals surface area contributed by atoms with E-state index in [1.54, 1.807) is 13.8 Å². The highest BCUT2D eigenvalue weighted by molar-refractivity contribution is 6.08. The smallest absolute Gasteiger partial charge is 0.339 e.